The number of carbonyl (C=O) groups excluding carboxylic acids is 2. The molecule has 0 saturated carbocycles. The zero-order valence-electron chi connectivity index (χ0n) is 19.9. The zero-order chi connectivity index (χ0) is 26.4. The Labute approximate surface area is 209 Å². The Morgan fingerprint density at radius 1 is 1.03 bits per heavy atom. The topological polar surface area (TPSA) is 126 Å². The number of hydrogen-bond donors (Lipinski definition) is 1. The molecule has 192 valence electrons. The van der Waals surface area contributed by atoms with E-state index in [9.17, 15) is 23.6 Å². The van der Waals surface area contributed by atoms with Crippen LogP contribution in [0.4, 0.5) is 10.1 Å². The monoisotopic (exact) mass is 509 g/mol. The maximum Gasteiger partial charge on any atom is 0.333 e. The summed E-state index contributed by atoms with van der Waals surface area (Å²) < 4.78 is 27.4. The van der Waals surface area contributed by atoms with Crippen LogP contribution in [0.3, 0.4) is 0 Å². The number of nitrogens with zero attached hydrogens (tertiary/aromatic N) is 4. The molecule has 0 atom stereocenters. The molecule has 1 N–H and O–H groups in total. The molecule has 12 heteroatoms. The van der Waals surface area contributed by atoms with E-state index in [0.29, 0.717) is 13.2 Å². The quantitative estimate of drug-likeness (QED) is 0.320. The van der Waals surface area contributed by atoms with Gasteiger partial charge in [-0.1, -0.05) is 42.5 Å². The number of amides is 1. The van der Waals surface area contributed by atoms with Gasteiger partial charge < -0.3 is 19.4 Å². The van der Waals surface area contributed by atoms with Gasteiger partial charge in [0, 0.05) is 13.7 Å². The van der Waals surface area contributed by atoms with Crippen LogP contribution in [0.15, 0.2) is 70.5 Å². The summed E-state index contributed by atoms with van der Waals surface area (Å²) in [7, 11) is 1.51. The summed E-state index contributed by atoms with van der Waals surface area (Å²) in [6, 6.07) is 14.6. The Hall–Kier alpha value is -4.58. The molecule has 0 saturated heterocycles. The van der Waals surface area contributed by atoms with Crippen molar-refractivity contribution in [3.8, 4) is 0 Å². The van der Waals surface area contributed by atoms with Gasteiger partial charge in [-0.2, -0.15) is 0 Å². The van der Waals surface area contributed by atoms with Gasteiger partial charge in [-0.3, -0.25) is 19.0 Å². The molecule has 0 aliphatic heterocycles. The number of para-hydroxylation sites is 1. The largest absolute Gasteiger partial charge is 0.454 e. The lowest BCUT2D eigenvalue weighted by Gasteiger charge is -2.13. The van der Waals surface area contributed by atoms with Crippen molar-refractivity contribution >= 4 is 28.7 Å². The van der Waals surface area contributed by atoms with E-state index < -0.39 is 42.1 Å². The first-order valence-electron chi connectivity index (χ1n) is 11.3. The average molecular weight is 509 g/mol. The van der Waals surface area contributed by atoms with E-state index in [2.05, 4.69) is 10.3 Å². The first-order chi connectivity index (χ1) is 17.9. The molecule has 37 heavy (non-hydrogen) atoms. The van der Waals surface area contributed by atoms with Gasteiger partial charge in [0.25, 0.3) is 11.5 Å². The highest BCUT2D eigenvalue weighted by molar-refractivity contribution is 5.92. The Kier molecular flexibility index (Phi) is 7.89. The van der Waals surface area contributed by atoms with Crippen molar-refractivity contribution in [2.45, 2.75) is 19.6 Å². The molecule has 0 aliphatic carbocycles. The van der Waals surface area contributed by atoms with Gasteiger partial charge in [0.15, 0.2) is 17.8 Å². The molecule has 1 amide bonds. The third kappa shape index (κ3) is 5.81. The van der Waals surface area contributed by atoms with Crippen LogP contribution in [-0.4, -0.2) is 50.9 Å². The number of rotatable bonds is 10. The van der Waals surface area contributed by atoms with Gasteiger partial charge >= 0.3 is 11.7 Å². The zero-order valence-corrected chi connectivity index (χ0v) is 19.9. The summed E-state index contributed by atoms with van der Waals surface area (Å²) >= 11 is 0. The summed E-state index contributed by atoms with van der Waals surface area (Å²) in [5.74, 6) is -2.41. The molecule has 0 fully saturated rings. The van der Waals surface area contributed by atoms with Crippen LogP contribution in [0.5, 0.6) is 0 Å². The maximum atomic E-state index is 13.7. The number of ether oxygens (including phenoxy) is 2. The normalized spacial score (nSPS) is 11.0. The second-order valence-electron chi connectivity index (χ2n) is 8.04. The molecule has 0 unspecified atom stereocenters. The Bertz CT molecular complexity index is 1540. The van der Waals surface area contributed by atoms with Crippen LogP contribution >= 0.6 is 0 Å². The minimum atomic E-state index is -0.989. The van der Waals surface area contributed by atoms with E-state index in [0.717, 1.165) is 10.1 Å². The number of fused-ring (bicyclic) bond motifs is 1. The van der Waals surface area contributed by atoms with Gasteiger partial charge in [0.1, 0.15) is 12.4 Å². The lowest BCUT2D eigenvalue weighted by molar-refractivity contribution is -0.148. The minimum absolute atomic E-state index is 0.0710. The average Bonchev–Trinajstić information content (AvgIpc) is 3.32. The van der Waals surface area contributed by atoms with Crippen LogP contribution in [0, 0.1) is 5.82 Å². The number of esters is 1. The SMILES string of the molecule is COCCn1cnc2c1c(=O)n(CC(=O)OCC(=O)Nc1ccccc1F)c(=O)n2Cc1ccccc1. The second-order valence-corrected chi connectivity index (χ2v) is 8.04. The van der Waals surface area contributed by atoms with Crippen molar-refractivity contribution < 1.29 is 23.5 Å². The summed E-state index contributed by atoms with van der Waals surface area (Å²) in [5.41, 5.74) is -0.480. The highest BCUT2D eigenvalue weighted by Crippen LogP contribution is 2.12. The van der Waals surface area contributed by atoms with Crippen molar-refractivity contribution in [1.29, 1.82) is 0 Å². The summed E-state index contributed by atoms with van der Waals surface area (Å²) in [6.45, 7) is -0.759. The van der Waals surface area contributed by atoms with E-state index in [4.69, 9.17) is 9.47 Å². The number of aromatic nitrogens is 4. The van der Waals surface area contributed by atoms with Crippen LogP contribution in [0.2, 0.25) is 0 Å². The first-order valence-corrected chi connectivity index (χ1v) is 11.3. The van der Waals surface area contributed by atoms with Crippen LogP contribution in [0.25, 0.3) is 11.2 Å². The van der Waals surface area contributed by atoms with Crippen molar-refractivity contribution in [3.63, 3.8) is 0 Å². The summed E-state index contributed by atoms with van der Waals surface area (Å²) in [6.07, 6.45) is 1.43. The van der Waals surface area contributed by atoms with E-state index in [-0.39, 0.29) is 23.4 Å². The standard InChI is InChI=1S/C25H24FN5O6/c1-36-12-11-29-16-27-23-22(29)24(34)31(25(35)30(23)13-17-7-3-2-4-8-17)14-21(33)37-15-20(32)28-19-10-6-5-9-18(19)26/h2-10,16H,11-15H2,1H3,(H,28,32). The predicted octanol–water partition coefficient (Wildman–Crippen LogP) is 1.38. The van der Waals surface area contributed by atoms with E-state index >= 15 is 0 Å². The number of hydrogen-bond acceptors (Lipinski definition) is 7. The molecule has 11 nitrogen and oxygen atoms in total. The number of methoxy groups -OCH3 is 1. The highest BCUT2D eigenvalue weighted by Gasteiger charge is 2.21. The number of anilines is 1. The lowest BCUT2D eigenvalue weighted by atomic mass is 10.2. The summed E-state index contributed by atoms with van der Waals surface area (Å²) in [4.78, 5) is 55.5. The minimum Gasteiger partial charge on any atom is -0.454 e. The second kappa shape index (κ2) is 11.4. The fourth-order valence-electron chi connectivity index (χ4n) is 3.72. The van der Waals surface area contributed by atoms with Crippen molar-refractivity contribution in [2.24, 2.45) is 0 Å². The predicted molar refractivity (Wildman–Crippen MR) is 132 cm³/mol. The van der Waals surface area contributed by atoms with Crippen molar-refractivity contribution in [2.75, 3.05) is 25.6 Å². The van der Waals surface area contributed by atoms with Crippen molar-refractivity contribution in [3.05, 3.63) is 93.1 Å². The first kappa shape index (κ1) is 25.5. The van der Waals surface area contributed by atoms with Crippen LogP contribution in [0.1, 0.15) is 5.56 Å². The van der Waals surface area contributed by atoms with Gasteiger partial charge in [-0.15, -0.1) is 0 Å². The molecule has 4 aromatic rings. The Morgan fingerprint density at radius 3 is 2.49 bits per heavy atom. The molecule has 2 heterocycles. The molecule has 4 rings (SSSR count). The Balaban J connectivity index is 1.60. The number of halogens is 1. The van der Waals surface area contributed by atoms with Crippen molar-refractivity contribution in [1.82, 2.24) is 18.7 Å². The molecule has 2 aromatic carbocycles. The van der Waals surface area contributed by atoms with Gasteiger partial charge in [-0.25, -0.2) is 18.7 Å². The molecule has 2 aromatic heterocycles. The fraction of sp³-hybridized carbons (Fsp3) is 0.240. The van der Waals surface area contributed by atoms with Gasteiger partial charge in [0.2, 0.25) is 0 Å². The molecular formula is C25H24FN5O6. The maximum absolute atomic E-state index is 13.7. The smallest absolute Gasteiger partial charge is 0.333 e. The fourth-order valence-corrected chi connectivity index (χ4v) is 3.72. The lowest BCUT2D eigenvalue weighted by Crippen LogP contribution is -2.43. The van der Waals surface area contributed by atoms with Crippen LogP contribution < -0.4 is 16.6 Å². The third-order valence-corrected chi connectivity index (χ3v) is 5.50. The molecule has 0 bridgehead atoms. The number of nitrogens with one attached hydrogen (secondary N) is 1. The van der Waals surface area contributed by atoms with Gasteiger partial charge in [0.05, 0.1) is 25.2 Å². The molecule has 0 radical (unpaired) electrons. The summed E-state index contributed by atoms with van der Waals surface area (Å²) in [5, 5.41) is 2.29. The highest BCUT2D eigenvalue weighted by atomic mass is 19.1. The number of imidazole rings is 1. The molecule has 0 aliphatic rings. The van der Waals surface area contributed by atoms with Gasteiger partial charge in [-0.05, 0) is 17.7 Å². The molecular weight excluding hydrogens is 485 g/mol. The third-order valence-electron chi connectivity index (χ3n) is 5.50. The Morgan fingerprint density at radius 2 is 1.76 bits per heavy atom. The molecule has 0 spiro atoms. The van der Waals surface area contributed by atoms with E-state index in [1.165, 1.54) is 42.3 Å². The van der Waals surface area contributed by atoms with E-state index in [1.807, 2.05) is 30.3 Å². The number of benzene rings is 2. The van der Waals surface area contributed by atoms with Crippen LogP contribution in [-0.2, 0) is 38.7 Å². The number of carbonyl (C=O) groups is 2. The van der Waals surface area contributed by atoms with E-state index in [1.54, 1.807) is 4.57 Å².